The highest BCUT2D eigenvalue weighted by molar-refractivity contribution is 5.81. The summed E-state index contributed by atoms with van der Waals surface area (Å²) in [5.74, 6) is 1.43. The van der Waals surface area contributed by atoms with Gasteiger partial charge >= 0.3 is 0 Å². The Labute approximate surface area is 81.1 Å². The van der Waals surface area contributed by atoms with Crippen molar-refractivity contribution in [2.45, 2.75) is 39.0 Å². The molecule has 0 aromatic heterocycles. The van der Waals surface area contributed by atoms with Crippen LogP contribution in [0.5, 0.6) is 0 Å². The van der Waals surface area contributed by atoms with Crippen LogP contribution in [-0.2, 0) is 4.79 Å². The van der Waals surface area contributed by atoms with Crippen molar-refractivity contribution in [2.24, 2.45) is 11.8 Å². The molecule has 13 heavy (non-hydrogen) atoms. The molecule has 2 unspecified atom stereocenters. The fourth-order valence-electron chi connectivity index (χ4n) is 2.40. The van der Waals surface area contributed by atoms with Crippen molar-refractivity contribution < 1.29 is 4.79 Å². The Morgan fingerprint density at radius 3 is 2.69 bits per heavy atom. The number of ketones is 1. The second-order valence-corrected chi connectivity index (χ2v) is 4.03. The van der Waals surface area contributed by atoms with Gasteiger partial charge in [-0.2, -0.15) is 0 Å². The molecular formula is C11H21NO. The van der Waals surface area contributed by atoms with Crippen molar-refractivity contribution in [3.63, 3.8) is 0 Å². The normalized spacial score (nSPS) is 28.8. The Hall–Kier alpha value is -0.370. The van der Waals surface area contributed by atoms with Crippen LogP contribution in [0.25, 0.3) is 0 Å². The monoisotopic (exact) mass is 183 g/mol. The van der Waals surface area contributed by atoms with Crippen LogP contribution in [0.2, 0.25) is 0 Å². The van der Waals surface area contributed by atoms with Gasteiger partial charge in [-0.25, -0.2) is 0 Å². The fourth-order valence-corrected chi connectivity index (χ4v) is 2.40. The number of carbonyl (C=O) groups is 1. The number of hydrogen-bond acceptors (Lipinski definition) is 2. The zero-order valence-corrected chi connectivity index (χ0v) is 8.81. The Morgan fingerprint density at radius 2 is 2.08 bits per heavy atom. The van der Waals surface area contributed by atoms with E-state index in [1.54, 1.807) is 0 Å². The first kappa shape index (κ1) is 10.7. The average molecular weight is 183 g/mol. The molecule has 1 aliphatic carbocycles. The van der Waals surface area contributed by atoms with Crippen molar-refractivity contribution in [3.05, 3.63) is 0 Å². The molecule has 1 saturated carbocycles. The summed E-state index contributed by atoms with van der Waals surface area (Å²) in [5, 5.41) is 3.19. The van der Waals surface area contributed by atoms with E-state index in [1.807, 2.05) is 14.0 Å². The largest absolute Gasteiger partial charge is 0.319 e. The summed E-state index contributed by atoms with van der Waals surface area (Å²) in [5.41, 5.74) is 0. The summed E-state index contributed by atoms with van der Waals surface area (Å²) in [6.45, 7) is 2.99. The van der Waals surface area contributed by atoms with E-state index in [0.29, 0.717) is 24.0 Å². The molecule has 0 aromatic carbocycles. The highest BCUT2D eigenvalue weighted by atomic mass is 16.1. The SMILES string of the molecule is CCC(=O)C1CCCCC1CNC. The third-order valence-electron chi connectivity index (χ3n) is 3.14. The minimum Gasteiger partial charge on any atom is -0.319 e. The lowest BCUT2D eigenvalue weighted by molar-refractivity contribution is -0.125. The molecule has 0 bridgehead atoms. The number of carbonyl (C=O) groups excluding carboxylic acids is 1. The first-order chi connectivity index (χ1) is 6.29. The molecule has 2 nitrogen and oxygen atoms in total. The van der Waals surface area contributed by atoms with Gasteiger partial charge in [0.15, 0.2) is 0 Å². The molecule has 76 valence electrons. The number of nitrogens with one attached hydrogen (secondary N) is 1. The summed E-state index contributed by atoms with van der Waals surface area (Å²) in [6.07, 6.45) is 5.62. The maximum atomic E-state index is 11.6. The van der Waals surface area contributed by atoms with Gasteiger partial charge in [0.25, 0.3) is 0 Å². The zero-order valence-electron chi connectivity index (χ0n) is 8.81. The molecule has 0 spiro atoms. The Balaban J connectivity index is 2.50. The number of rotatable bonds is 4. The van der Waals surface area contributed by atoms with E-state index < -0.39 is 0 Å². The highest BCUT2D eigenvalue weighted by Gasteiger charge is 2.28. The lowest BCUT2D eigenvalue weighted by atomic mass is 9.76. The van der Waals surface area contributed by atoms with Crippen molar-refractivity contribution in [1.29, 1.82) is 0 Å². The van der Waals surface area contributed by atoms with Gasteiger partial charge in [0.1, 0.15) is 5.78 Å². The molecule has 1 rings (SSSR count). The lowest BCUT2D eigenvalue weighted by Gasteiger charge is -2.30. The van der Waals surface area contributed by atoms with E-state index in [4.69, 9.17) is 0 Å². The quantitative estimate of drug-likeness (QED) is 0.722. The van der Waals surface area contributed by atoms with Gasteiger partial charge in [-0.1, -0.05) is 19.8 Å². The minimum atomic E-state index is 0.353. The average Bonchev–Trinajstić information content (AvgIpc) is 2.18. The van der Waals surface area contributed by atoms with Crippen molar-refractivity contribution >= 4 is 5.78 Å². The van der Waals surface area contributed by atoms with Gasteiger partial charge in [0.2, 0.25) is 0 Å². The highest BCUT2D eigenvalue weighted by Crippen LogP contribution is 2.30. The standard InChI is InChI=1S/C11H21NO/c1-3-11(13)10-7-5-4-6-9(10)8-12-2/h9-10,12H,3-8H2,1-2H3. The van der Waals surface area contributed by atoms with E-state index in [0.717, 1.165) is 13.0 Å². The summed E-state index contributed by atoms with van der Waals surface area (Å²) in [6, 6.07) is 0. The minimum absolute atomic E-state index is 0.353. The van der Waals surface area contributed by atoms with Crippen LogP contribution < -0.4 is 5.32 Å². The smallest absolute Gasteiger partial charge is 0.136 e. The van der Waals surface area contributed by atoms with Crippen LogP contribution in [0.15, 0.2) is 0 Å². The van der Waals surface area contributed by atoms with E-state index in [2.05, 4.69) is 5.32 Å². The summed E-state index contributed by atoms with van der Waals surface area (Å²) >= 11 is 0. The van der Waals surface area contributed by atoms with Crippen LogP contribution >= 0.6 is 0 Å². The topological polar surface area (TPSA) is 29.1 Å². The van der Waals surface area contributed by atoms with E-state index in [9.17, 15) is 4.79 Å². The molecule has 0 heterocycles. The summed E-state index contributed by atoms with van der Waals surface area (Å²) in [7, 11) is 1.97. The van der Waals surface area contributed by atoms with Crippen LogP contribution in [0.4, 0.5) is 0 Å². The molecule has 1 aliphatic rings. The van der Waals surface area contributed by atoms with Crippen molar-refractivity contribution in [2.75, 3.05) is 13.6 Å². The van der Waals surface area contributed by atoms with Crippen LogP contribution in [-0.4, -0.2) is 19.4 Å². The van der Waals surface area contributed by atoms with E-state index in [1.165, 1.54) is 19.3 Å². The van der Waals surface area contributed by atoms with E-state index in [-0.39, 0.29) is 0 Å². The molecule has 2 atom stereocenters. The molecule has 0 aromatic rings. The molecule has 2 heteroatoms. The molecule has 1 N–H and O–H groups in total. The van der Waals surface area contributed by atoms with Gasteiger partial charge in [0, 0.05) is 12.3 Å². The molecule has 0 amide bonds. The third kappa shape index (κ3) is 2.80. The zero-order chi connectivity index (χ0) is 9.68. The molecular weight excluding hydrogens is 162 g/mol. The second kappa shape index (κ2) is 5.38. The number of hydrogen-bond donors (Lipinski definition) is 1. The van der Waals surface area contributed by atoms with Gasteiger partial charge in [-0.05, 0) is 32.4 Å². The first-order valence-corrected chi connectivity index (χ1v) is 5.47. The Bertz CT molecular complexity index is 165. The molecule has 1 fully saturated rings. The number of Topliss-reactive ketones (excluding diaryl/α,β-unsaturated/α-hetero) is 1. The molecule has 0 aliphatic heterocycles. The summed E-state index contributed by atoms with van der Waals surface area (Å²) < 4.78 is 0. The Morgan fingerprint density at radius 1 is 1.38 bits per heavy atom. The third-order valence-corrected chi connectivity index (χ3v) is 3.14. The maximum Gasteiger partial charge on any atom is 0.136 e. The lowest BCUT2D eigenvalue weighted by Crippen LogP contribution is -2.33. The predicted molar refractivity (Wildman–Crippen MR) is 54.7 cm³/mol. The van der Waals surface area contributed by atoms with Crippen LogP contribution in [0, 0.1) is 11.8 Å². The van der Waals surface area contributed by atoms with Crippen LogP contribution in [0.1, 0.15) is 39.0 Å². The van der Waals surface area contributed by atoms with E-state index >= 15 is 0 Å². The second-order valence-electron chi connectivity index (χ2n) is 4.03. The molecule has 0 radical (unpaired) electrons. The van der Waals surface area contributed by atoms with Gasteiger partial charge in [-0.15, -0.1) is 0 Å². The maximum absolute atomic E-state index is 11.6. The first-order valence-electron chi connectivity index (χ1n) is 5.47. The van der Waals surface area contributed by atoms with Gasteiger partial charge < -0.3 is 5.32 Å². The summed E-state index contributed by atoms with van der Waals surface area (Å²) in [4.78, 5) is 11.6. The predicted octanol–water partition coefficient (Wildman–Crippen LogP) is 1.99. The van der Waals surface area contributed by atoms with Crippen LogP contribution in [0.3, 0.4) is 0 Å². The Kier molecular flexibility index (Phi) is 4.43. The molecule has 0 saturated heterocycles. The van der Waals surface area contributed by atoms with Gasteiger partial charge in [-0.3, -0.25) is 4.79 Å². The van der Waals surface area contributed by atoms with Gasteiger partial charge in [0.05, 0.1) is 0 Å². The van der Waals surface area contributed by atoms with Crippen molar-refractivity contribution in [3.8, 4) is 0 Å². The van der Waals surface area contributed by atoms with Crippen molar-refractivity contribution in [1.82, 2.24) is 5.32 Å². The fraction of sp³-hybridized carbons (Fsp3) is 0.909.